The lowest BCUT2D eigenvalue weighted by atomic mass is 9.99. The van der Waals surface area contributed by atoms with Gasteiger partial charge in [-0.05, 0) is 47.0 Å². The molecule has 1 aliphatic rings. The molecule has 1 heterocycles. The molecular formula is C13H14BrFN2O3. The predicted molar refractivity (Wildman–Crippen MR) is 75.1 cm³/mol. The van der Waals surface area contributed by atoms with Crippen LogP contribution in [-0.4, -0.2) is 35.1 Å². The van der Waals surface area contributed by atoms with Crippen LogP contribution in [0.15, 0.2) is 22.7 Å². The number of benzene rings is 1. The molecule has 7 heteroatoms. The first-order chi connectivity index (χ1) is 9.47. The van der Waals surface area contributed by atoms with Crippen LogP contribution in [0.3, 0.4) is 0 Å². The van der Waals surface area contributed by atoms with E-state index in [1.165, 1.54) is 17.0 Å². The molecule has 0 spiro atoms. The van der Waals surface area contributed by atoms with E-state index in [-0.39, 0.29) is 6.54 Å². The zero-order valence-electron chi connectivity index (χ0n) is 10.6. The number of nitrogens with zero attached hydrogens (tertiary/aromatic N) is 1. The summed E-state index contributed by atoms with van der Waals surface area (Å²) in [6.07, 6.45) is 1.23. The third kappa shape index (κ3) is 3.47. The van der Waals surface area contributed by atoms with E-state index in [2.05, 4.69) is 21.2 Å². The van der Waals surface area contributed by atoms with Gasteiger partial charge in [-0.3, -0.25) is 4.79 Å². The second-order valence-electron chi connectivity index (χ2n) is 4.68. The Morgan fingerprint density at radius 3 is 2.85 bits per heavy atom. The summed E-state index contributed by atoms with van der Waals surface area (Å²) in [7, 11) is 0. The number of aliphatic carboxylic acids is 1. The Balaban J connectivity index is 2.00. The standard InChI is InChI=1S/C13H14BrFN2O3/c14-10-4-3-9(6-11(10)15)16-13(20)17-5-1-2-8(7-17)12(18)19/h3-4,6,8H,1-2,5,7H2,(H,16,20)(H,18,19). The Morgan fingerprint density at radius 1 is 1.45 bits per heavy atom. The lowest BCUT2D eigenvalue weighted by Crippen LogP contribution is -2.44. The Morgan fingerprint density at radius 2 is 2.20 bits per heavy atom. The topological polar surface area (TPSA) is 69.6 Å². The molecule has 0 radical (unpaired) electrons. The van der Waals surface area contributed by atoms with Crippen LogP contribution in [0.2, 0.25) is 0 Å². The quantitative estimate of drug-likeness (QED) is 0.866. The predicted octanol–water partition coefficient (Wildman–Crippen LogP) is 2.92. The average molecular weight is 345 g/mol. The Hall–Kier alpha value is -1.63. The number of nitrogens with one attached hydrogen (secondary N) is 1. The third-order valence-corrected chi connectivity index (χ3v) is 3.87. The summed E-state index contributed by atoms with van der Waals surface area (Å²) in [5.41, 5.74) is 0.341. The first-order valence-corrected chi connectivity index (χ1v) is 7.00. The monoisotopic (exact) mass is 344 g/mol. The van der Waals surface area contributed by atoms with E-state index < -0.39 is 23.7 Å². The number of rotatable bonds is 2. The van der Waals surface area contributed by atoms with Crippen molar-refractivity contribution in [2.45, 2.75) is 12.8 Å². The summed E-state index contributed by atoms with van der Waals surface area (Å²) in [4.78, 5) is 24.4. The molecule has 2 rings (SSSR count). The highest BCUT2D eigenvalue weighted by Gasteiger charge is 2.28. The summed E-state index contributed by atoms with van der Waals surface area (Å²) < 4.78 is 13.7. The van der Waals surface area contributed by atoms with Crippen LogP contribution >= 0.6 is 15.9 Å². The molecule has 2 N–H and O–H groups in total. The van der Waals surface area contributed by atoms with Crippen LogP contribution in [0.5, 0.6) is 0 Å². The Bertz CT molecular complexity index is 538. The molecule has 2 amide bonds. The van der Waals surface area contributed by atoms with Crippen molar-refractivity contribution in [2.75, 3.05) is 18.4 Å². The van der Waals surface area contributed by atoms with Gasteiger partial charge >= 0.3 is 12.0 Å². The average Bonchev–Trinajstić information content (AvgIpc) is 2.43. The molecule has 1 saturated heterocycles. The SMILES string of the molecule is O=C(O)C1CCCN(C(=O)Nc2ccc(Br)c(F)c2)C1. The fourth-order valence-electron chi connectivity index (χ4n) is 2.14. The van der Waals surface area contributed by atoms with Crippen molar-refractivity contribution < 1.29 is 19.1 Å². The number of urea groups is 1. The molecule has 0 aromatic heterocycles. The van der Waals surface area contributed by atoms with E-state index in [0.717, 1.165) is 0 Å². The molecule has 0 aliphatic carbocycles. The molecular weight excluding hydrogens is 331 g/mol. The van der Waals surface area contributed by atoms with Crippen LogP contribution in [-0.2, 0) is 4.79 Å². The van der Waals surface area contributed by atoms with E-state index in [1.807, 2.05) is 0 Å². The maximum absolute atomic E-state index is 13.4. The summed E-state index contributed by atoms with van der Waals surface area (Å²) in [5.74, 6) is -1.89. The van der Waals surface area contributed by atoms with Gasteiger partial charge in [-0.15, -0.1) is 0 Å². The minimum atomic E-state index is -0.891. The number of carboxylic acid groups (broad SMARTS) is 1. The number of anilines is 1. The number of piperidine rings is 1. The molecule has 1 unspecified atom stereocenters. The van der Waals surface area contributed by atoms with Crippen molar-refractivity contribution in [3.63, 3.8) is 0 Å². The van der Waals surface area contributed by atoms with Crippen molar-refractivity contribution in [1.29, 1.82) is 0 Å². The van der Waals surface area contributed by atoms with Gasteiger partial charge in [0, 0.05) is 18.8 Å². The van der Waals surface area contributed by atoms with Crippen LogP contribution < -0.4 is 5.32 Å². The van der Waals surface area contributed by atoms with Crippen LogP contribution in [0.25, 0.3) is 0 Å². The Kier molecular flexibility index (Phi) is 4.59. The highest BCUT2D eigenvalue weighted by molar-refractivity contribution is 9.10. The third-order valence-electron chi connectivity index (χ3n) is 3.23. The molecule has 1 aliphatic heterocycles. The number of halogens is 2. The summed E-state index contributed by atoms with van der Waals surface area (Å²) >= 11 is 3.03. The van der Waals surface area contributed by atoms with Crippen molar-refractivity contribution in [3.05, 3.63) is 28.5 Å². The van der Waals surface area contributed by atoms with Gasteiger partial charge in [-0.25, -0.2) is 9.18 Å². The van der Waals surface area contributed by atoms with Crippen molar-refractivity contribution in [3.8, 4) is 0 Å². The Labute approximate surface area is 123 Å². The second kappa shape index (κ2) is 6.21. The van der Waals surface area contributed by atoms with E-state index in [1.54, 1.807) is 6.07 Å². The number of likely N-dealkylation sites (tertiary alicyclic amines) is 1. The van der Waals surface area contributed by atoms with Gasteiger partial charge in [0.15, 0.2) is 0 Å². The van der Waals surface area contributed by atoms with Crippen molar-refractivity contribution in [1.82, 2.24) is 4.90 Å². The molecule has 1 aromatic carbocycles. The lowest BCUT2D eigenvalue weighted by Gasteiger charge is -2.30. The molecule has 0 saturated carbocycles. The molecule has 1 fully saturated rings. The number of amides is 2. The van der Waals surface area contributed by atoms with Crippen LogP contribution in [0, 0.1) is 11.7 Å². The van der Waals surface area contributed by atoms with E-state index in [9.17, 15) is 14.0 Å². The van der Waals surface area contributed by atoms with Crippen molar-refractivity contribution in [2.24, 2.45) is 5.92 Å². The molecule has 20 heavy (non-hydrogen) atoms. The number of carboxylic acids is 1. The molecule has 1 aromatic rings. The van der Waals surface area contributed by atoms with Gasteiger partial charge in [0.1, 0.15) is 5.82 Å². The van der Waals surface area contributed by atoms with E-state index in [0.29, 0.717) is 29.5 Å². The maximum Gasteiger partial charge on any atom is 0.321 e. The van der Waals surface area contributed by atoms with Gasteiger partial charge in [0.2, 0.25) is 0 Å². The molecule has 1 atom stereocenters. The highest BCUT2D eigenvalue weighted by atomic mass is 79.9. The number of carbonyl (C=O) groups is 2. The highest BCUT2D eigenvalue weighted by Crippen LogP contribution is 2.21. The molecule has 5 nitrogen and oxygen atoms in total. The zero-order chi connectivity index (χ0) is 14.7. The number of hydrogen-bond acceptors (Lipinski definition) is 2. The summed E-state index contributed by atoms with van der Waals surface area (Å²) in [6, 6.07) is 3.88. The number of hydrogen-bond donors (Lipinski definition) is 2. The normalized spacial score (nSPS) is 18.7. The minimum Gasteiger partial charge on any atom is -0.481 e. The van der Waals surface area contributed by atoms with Gasteiger partial charge in [-0.2, -0.15) is 0 Å². The molecule has 0 bridgehead atoms. The minimum absolute atomic E-state index is 0.181. The van der Waals surface area contributed by atoms with Gasteiger partial charge in [0.25, 0.3) is 0 Å². The lowest BCUT2D eigenvalue weighted by molar-refractivity contribution is -0.143. The van der Waals surface area contributed by atoms with Gasteiger partial charge < -0.3 is 15.3 Å². The largest absolute Gasteiger partial charge is 0.481 e. The van der Waals surface area contributed by atoms with E-state index in [4.69, 9.17) is 5.11 Å². The first-order valence-electron chi connectivity index (χ1n) is 6.21. The molecule has 108 valence electrons. The number of carbonyl (C=O) groups excluding carboxylic acids is 1. The summed E-state index contributed by atoms with van der Waals surface area (Å²) in [5, 5.41) is 11.6. The fraction of sp³-hybridized carbons (Fsp3) is 0.385. The van der Waals surface area contributed by atoms with E-state index >= 15 is 0 Å². The summed E-state index contributed by atoms with van der Waals surface area (Å²) in [6.45, 7) is 0.689. The van der Waals surface area contributed by atoms with Crippen LogP contribution in [0.4, 0.5) is 14.9 Å². The van der Waals surface area contributed by atoms with Crippen LogP contribution in [0.1, 0.15) is 12.8 Å². The van der Waals surface area contributed by atoms with Gasteiger partial charge in [-0.1, -0.05) is 0 Å². The second-order valence-corrected chi connectivity index (χ2v) is 5.54. The van der Waals surface area contributed by atoms with Gasteiger partial charge in [0.05, 0.1) is 10.4 Å². The first kappa shape index (κ1) is 14.8. The maximum atomic E-state index is 13.4. The smallest absolute Gasteiger partial charge is 0.321 e. The van der Waals surface area contributed by atoms with Crippen molar-refractivity contribution >= 4 is 33.6 Å². The fourth-order valence-corrected chi connectivity index (χ4v) is 2.39. The zero-order valence-corrected chi connectivity index (χ0v) is 12.2.